The Morgan fingerprint density at radius 2 is 1.95 bits per heavy atom. The number of hydrogen-bond donors (Lipinski definition) is 1. The average Bonchev–Trinajstić information content (AvgIpc) is 2.48. The standard InChI is InChI=1S/C17H18INOS/c1-12-10-15(18)8-9-16(12)19-17(20)13(2)21-11-14-6-4-3-5-7-14/h3-10,13H,11H2,1-2H3,(H,19,20)/t13-/m1/s1. The van der Waals surface area contributed by atoms with Gasteiger partial charge in [0, 0.05) is 15.0 Å². The van der Waals surface area contributed by atoms with Crippen molar-refractivity contribution >= 4 is 45.9 Å². The van der Waals surface area contributed by atoms with Crippen LogP contribution < -0.4 is 5.32 Å². The summed E-state index contributed by atoms with van der Waals surface area (Å²) in [5.41, 5.74) is 3.23. The molecule has 0 heterocycles. The van der Waals surface area contributed by atoms with E-state index in [1.54, 1.807) is 11.8 Å². The summed E-state index contributed by atoms with van der Waals surface area (Å²) in [5.74, 6) is 0.904. The smallest absolute Gasteiger partial charge is 0.237 e. The van der Waals surface area contributed by atoms with Crippen LogP contribution in [-0.4, -0.2) is 11.2 Å². The molecule has 2 aromatic rings. The van der Waals surface area contributed by atoms with Crippen LogP contribution in [0.1, 0.15) is 18.1 Å². The first-order chi connectivity index (χ1) is 10.1. The topological polar surface area (TPSA) is 29.1 Å². The zero-order valence-electron chi connectivity index (χ0n) is 12.1. The van der Waals surface area contributed by atoms with Gasteiger partial charge in [-0.05, 0) is 65.8 Å². The van der Waals surface area contributed by atoms with Crippen LogP contribution in [0.15, 0.2) is 48.5 Å². The summed E-state index contributed by atoms with van der Waals surface area (Å²) in [4.78, 5) is 12.2. The van der Waals surface area contributed by atoms with Crippen LogP contribution >= 0.6 is 34.4 Å². The summed E-state index contributed by atoms with van der Waals surface area (Å²) in [6.07, 6.45) is 0. The Hall–Kier alpha value is -1.01. The van der Waals surface area contributed by atoms with Crippen molar-refractivity contribution in [1.82, 2.24) is 0 Å². The Labute approximate surface area is 143 Å². The molecule has 1 N–H and O–H groups in total. The Balaban J connectivity index is 1.90. The number of thioether (sulfide) groups is 1. The highest BCUT2D eigenvalue weighted by Gasteiger charge is 2.14. The van der Waals surface area contributed by atoms with Gasteiger partial charge >= 0.3 is 0 Å². The number of hydrogen-bond acceptors (Lipinski definition) is 2. The summed E-state index contributed by atoms with van der Waals surface area (Å²) >= 11 is 3.92. The molecule has 2 aromatic carbocycles. The van der Waals surface area contributed by atoms with E-state index >= 15 is 0 Å². The molecule has 0 saturated heterocycles. The third kappa shape index (κ3) is 5.04. The van der Waals surface area contributed by atoms with Gasteiger partial charge in [0.1, 0.15) is 0 Å². The molecular formula is C17H18INOS. The molecule has 110 valence electrons. The van der Waals surface area contributed by atoms with Crippen LogP contribution in [0.4, 0.5) is 5.69 Å². The molecule has 0 bridgehead atoms. The van der Waals surface area contributed by atoms with Gasteiger partial charge in [-0.2, -0.15) is 0 Å². The number of rotatable bonds is 5. The Morgan fingerprint density at radius 1 is 1.24 bits per heavy atom. The summed E-state index contributed by atoms with van der Waals surface area (Å²) in [7, 11) is 0. The third-order valence-corrected chi connectivity index (χ3v) is 5.04. The zero-order chi connectivity index (χ0) is 15.2. The minimum absolute atomic E-state index is 0.0558. The molecule has 2 nitrogen and oxygen atoms in total. The summed E-state index contributed by atoms with van der Waals surface area (Å²) in [6, 6.07) is 16.3. The lowest BCUT2D eigenvalue weighted by molar-refractivity contribution is -0.115. The quantitative estimate of drug-likeness (QED) is 0.712. The Kier molecular flexibility index (Phi) is 6.11. The molecule has 2 rings (SSSR count). The normalized spacial score (nSPS) is 12.0. The van der Waals surface area contributed by atoms with Crippen LogP contribution in [0.2, 0.25) is 0 Å². The number of benzene rings is 2. The van der Waals surface area contributed by atoms with E-state index in [-0.39, 0.29) is 11.2 Å². The monoisotopic (exact) mass is 411 g/mol. The second-order valence-corrected chi connectivity index (χ2v) is 7.46. The maximum absolute atomic E-state index is 12.2. The lowest BCUT2D eigenvalue weighted by Gasteiger charge is -2.13. The lowest BCUT2D eigenvalue weighted by Crippen LogP contribution is -2.23. The molecule has 1 amide bonds. The number of carbonyl (C=O) groups is 1. The first-order valence-corrected chi connectivity index (χ1v) is 8.91. The van der Waals surface area contributed by atoms with E-state index in [0.29, 0.717) is 0 Å². The highest BCUT2D eigenvalue weighted by atomic mass is 127. The number of amides is 1. The molecule has 0 fully saturated rings. The van der Waals surface area contributed by atoms with Crippen molar-refractivity contribution in [2.24, 2.45) is 0 Å². The molecule has 0 aliphatic carbocycles. The molecule has 0 saturated carbocycles. The molecule has 0 aliphatic rings. The largest absolute Gasteiger partial charge is 0.325 e. The molecule has 4 heteroatoms. The van der Waals surface area contributed by atoms with E-state index in [1.165, 1.54) is 9.13 Å². The average molecular weight is 411 g/mol. The Bertz CT molecular complexity index is 615. The SMILES string of the molecule is Cc1cc(I)ccc1NC(=O)[C@@H](C)SCc1ccccc1. The molecule has 21 heavy (non-hydrogen) atoms. The van der Waals surface area contributed by atoms with Crippen molar-refractivity contribution in [3.63, 3.8) is 0 Å². The number of anilines is 1. The van der Waals surface area contributed by atoms with E-state index in [1.807, 2.05) is 44.2 Å². The fourth-order valence-corrected chi connectivity index (χ4v) is 3.36. The number of aryl methyl sites for hydroxylation is 1. The number of nitrogens with one attached hydrogen (secondary N) is 1. The minimum atomic E-state index is -0.0797. The van der Waals surface area contributed by atoms with Crippen LogP contribution in [0, 0.1) is 10.5 Å². The fourth-order valence-electron chi connectivity index (χ4n) is 1.87. The Morgan fingerprint density at radius 3 is 2.62 bits per heavy atom. The van der Waals surface area contributed by atoms with Gasteiger partial charge in [-0.3, -0.25) is 4.79 Å². The molecular weight excluding hydrogens is 393 g/mol. The van der Waals surface area contributed by atoms with Gasteiger partial charge in [0.2, 0.25) is 5.91 Å². The highest BCUT2D eigenvalue weighted by Crippen LogP contribution is 2.21. The van der Waals surface area contributed by atoms with Crippen molar-refractivity contribution in [1.29, 1.82) is 0 Å². The van der Waals surface area contributed by atoms with Crippen LogP contribution in [0.25, 0.3) is 0 Å². The van der Waals surface area contributed by atoms with Crippen LogP contribution in [0.3, 0.4) is 0 Å². The molecule has 1 atom stereocenters. The molecule has 0 aromatic heterocycles. The maximum Gasteiger partial charge on any atom is 0.237 e. The van der Waals surface area contributed by atoms with Crippen LogP contribution in [0.5, 0.6) is 0 Å². The van der Waals surface area contributed by atoms with Crippen LogP contribution in [-0.2, 0) is 10.5 Å². The second kappa shape index (κ2) is 7.84. The van der Waals surface area contributed by atoms with Crippen molar-refractivity contribution < 1.29 is 4.79 Å². The van der Waals surface area contributed by atoms with Gasteiger partial charge in [0.25, 0.3) is 0 Å². The molecule has 0 aliphatic heterocycles. The van der Waals surface area contributed by atoms with Gasteiger partial charge in [0.05, 0.1) is 5.25 Å². The van der Waals surface area contributed by atoms with E-state index in [9.17, 15) is 4.79 Å². The van der Waals surface area contributed by atoms with Crippen molar-refractivity contribution in [3.05, 3.63) is 63.2 Å². The van der Waals surface area contributed by atoms with Crippen molar-refractivity contribution in [2.45, 2.75) is 24.9 Å². The van der Waals surface area contributed by atoms with Crippen molar-refractivity contribution in [2.75, 3.05) is 5.32 Å². The van der Waals surface area contributed by atoms with Gasteiger partial charge in [-0.25, -0.2) is 0 Å². The maximum atomic E-state index is 12.2. The van der Waals surface area contributed by atoms with Gasteiger partial charge in [-0.15, -0.1) is 11.8 Å². The third-order valence-electron chi connectivity index (χ3n) is 3.16. The van der Waals surface area contributed by atoms with Gasteiger partial charge in [-0.1, -0.05) is 30.3 Å². The first-order valence-electron chi connectivity index (χ1n) is 6.79. The molecule has 0 radical (unpaired) electrons. The van der Waals surface area contributed by atoms with Gasteiger partial charge < -0.3 is 5.32 Å². The molecule has 0 unspecified atom stereocenters. The fraction of sp³-hybridized carbons (Fsp3) is 0.235. The second-order valence-electron chi connectivity index (χ2n) is 4.89. The summed E-state index contributed by atoms with van der Waals surface area (Å²) in [5, 5.41) is 2.93. The van der Waals surface area contributed by atoms with Gasteiger partial charge in [0.15, 0.2) is 0 Å². The van der Waals surface area contributed by atoms with Crippen molar-refractivity contribution in [3.8, 4) is 0 Å². The predicted octanol–water partition coefficient (Wildman–Crippen LogP) is 4.86. The van der Waals surface area contributed by atoms with E-state index in [0.717, 1.165) is 17.0 Å². The highest BCUT2D eigenvalue weighted by molar-refractivity contribution is 14.1. The lowest BCUT2D eigenvalue weighted by atomic mass is 10.2. The summed E-state index contributed by atoms with van der Waals surface area (Å²) < 4.78 is 1.18. The first kappa shape index (κ1) is 16.4. The number of halogens is 1. The summed E-state index contributed by atoms with van der Waals surface area (Å²) in [6.45, 7) is 3.96. The van der Waals surface area contributed by atoms with E-state index in [4.69, 9.17) is 0 Å². The molecule has 0 spiro atoms. The van der Waals surface area contributed by atoms with E-state index in [2.05, 4.69) is 46.1 Å². The number of carbonyl (C=O) groups excluding carboxylic acids is 1. The van der Waals surface area contributed by atoms with E-state index < -0.39 is 0 Å². The minimum Gasteiger partial charge on any atom is -0.325 e. The zero-order valence-corrected chi connectivity index (χ0v) is 15.1. The predicted molar refractivity (Wildman–Crippen MR) is 99.7 cm³/mol.